The second-order valence-electron chi connectivity index (χ2n) is 6.72. The van der Waals surface area contributed by atoms with Crippen LogP contribution in [0.1, 0.15) is 25.8 Å². The normalized spacial score (nSPS) is 13.0. The molecule has 158 valence electrons. The van der Waals surface area contributed by atoms with Crippen molar-refractivity contribution in [3.05, 3.63) is 54.0 Å². The molecule has 0 spiro atoms. The molecule has 0 saturated heterocycles. The number of pyridine rings is 1. The van der Waals surface area contributed by atoms with Crippen molar-refractivity contribution in [1.29, 1.82) is 0 Å². The number of guanidine groups is 1. The van der Waals surface area contributed by atoms with Gasteiger partial charge in [0, 0.05) is 31.1 Å². The fourth-order valence-corrected chi connectivity index (χ4v) is 3.20. The lowest BCUT2D eigenvalue weighted by atomic mass is 10.2. The largest absolute Gasteiger partial charge is 0.439 e. The average molecular weight is 423 g/mol. The van der Waals surface area contributed by atoms with Gasteiger partial charge in [-0.05, 0) is 56.2 Å². The fourth-order valence-electron chi connectivity index (χ4n) is 2.41. The van der Waals surface area contributed by atoms with Gasteiger partial charge in [-0.2, -0.15) is 0 Å². The summed E-state index contributed by atoms with van der Waals surface area (Å²) in [5.41, 5.74) is 0.887. The van der Waals surface area contributed by atoms with Crippen LogP contribution in [-0.4, -0.2) is 44.0 Å². The Bertz CT molecular complexity index is 918. The molecule has 0 bridgehead atoms. The smallest absolute Gasteiger partial charge is 0.219 e. The van der Waals surface area contributed by atoms with Crippen molar-refractivity contribution in [3.8, 4) is 11.6 Å². The highest BCUT2D eigenvalue weighted by molar-refractivity contribution is 7.90. The molecule has 1 heterocycles. The average Bonchev–Trinajstić information content (AvgIpc) is 2.66. The molecule has 7 nitrogen and oxygen atoms in total. The van der Waals surface area contributed by atoms with E-state index < -0.39 is 9.84 Å². The van der Waals surface area contributed by atoms with Gasteiger partial charge in [0.05, 0.1) is 12.3 Å². The van der Waals surface area contributed by atoms with E-state index in [0.717, 1.165) is 5.56 Å². The van der Waals surface area contributed by atoms with Crippen LogP contribution >= 0.6 is 0 Å². The second-order valence-corrected chi connectivity index (χ2v) is 8.98. The number of hydrogen-bond acceptors (Lipinski definition) is 5. The molecule has 1 aromatic carbocycles. The molecule has 0 fully saturated rings. The van der Waals surface area contributed by atoms with Gasteiger partial charge in [0.1, 0.15) is 21.4 Å². The van der Waals surface area contributed by atoms with Gasteiger partial charge < -0.3 is 15.4 Å². The number of rotatable bonds is 9. The molecular weight excluding hydrogens is 395 g/mol. The molecule has 1 unspecified atom stereocenters. The molecule has 1 atom stereocenters. The summed E-state index contributed by atoms with van der Waals surface area (Å²) in [4.78, 5) is 8.70. The van der Waals surface area contributed by atoms with Crippen LogP contribution in [-0.2, 0) is 16.4 Å². The molecule has 2 aromatic rings. The Hall–Kier alpha value is -2.68. The summed E-state index contributed by atoms with van der Waals surface area (Å²) in [5.74, 6) is 1.28. The number of benzene rings is 1. The Morgan fingerprint density at radius 3 is 2.66 bits per heavy atom. The van der Waals surface area contributed by atoms with Gasteiger partial charge in [0.25, 0.3) is 0 Å². The summed E-state index contributed by atoms with van der Waals surface area (Å²) in [5, 5.41) is 6.36. The lowest BCUT2D eigenvalue weighted by Crippen LogP contribution is -2.42. The van der Waals surface area contributed by atoms with E-state index in [1.54, 1.807) is 12.3 Å². The number of hydrogen-bond donors (Lipinski definition) is 2. The van der Waals surface area contributed by atoms with Crippen molar-refractivity contribution in [2.45, 2.75) is 32.9 Å². The predicted molar refractivity (Wildman–Crippen MR) is 112 cm³/mol. The number of aromatic nitrogens is 1. The third kappa shape index (κ3) is 8.91. The molecule has 1 aromatic heterocycles. The maximum Gasteiger partial charge on any atom is 0.219 e. The Balaban J connectivity index is 1.99. The molecular formula is C20H27FN4O3S. The van der Waals surface area contributed by atoms with E-state index >= 15 is 0 Å². The van der Waals surface area contributed by atoms with Gasteiger partial charge in [-0.1, -0.05) is 0 Å². The van der Waals surface area contributed by atoms with E-state index in [4.69, 9.17) is 4.74 Å². The topological polar surface area (TPSA) is 92.7 Å². The molecule has 2 N–H and O–H groups in total. The van der Waals surface area contributed by atoms with Crippen LogP contribution in [0.3, 0.4) is 0 Å². The van der Waals surface area contributed by atoms with Gasteiger partial charge in [-0.25, -0.2) is 22.8 Å². The lowest BCUT2D eigenvalue weighted by molar-refractivity contribution is 0.460. The summed E-state index contributed by atoms with van der Waals surface area (Å²) in [6.07, 6.45) is 3.35. The first-order chi connectivity index (χ1) is 13.7. The van der Waals surface area contributed by atoms with Crippen LogP contribution in [0.5, 0.6) is 11.6 Å². The van der Waals surface area contributed by atoms with Gasteiger partial charge in [-0.15, -0.1) is 0 Å². The van der Waals surface area contributed by atoms with E-state index in [9.17, 15) is 12.8 Å². The highest BCUT2D eigenvalue weighted by Crippen LogP contribution is 2.20. The maximum atomic E-state index is 13.0. The van der Waals surface area contributed by atoms with Gasteiger partial charge in [0.15, 0.2) is 5.96 Å². The minimum atomic E-state index is -3.00. The zero-order chi connectivity index (χ0) is 21.3. The van der Waals surface area contributed by atoms with E-state index in [1.165, 1.54) is 30.5 Å². The Kier molecular flexibility index (Phi) is 8.38. The summed E-state index contributed by atoms with van der Waals surface area (Å²) in [7, 11) is -3.00. The monoisotopic (exact) mass is 422 g/mol. The molecule has 0 aliphatic heterocycles. The predicted octanol–water partition coefficient (Wildman–Crippen LogP) is 2.89. The molecule has 0 saturated carbocycles. The third-order valence-electron chi connectivity index (χ3n) is 3.90. The molecule has 2 rings (SSSR count). The number of sulfone groups is 1. The molecule has 0 aliphatic rings. The minimum Gasteiger partial charge on any atom is -0.439 e. The van der Waals surface area contributed by atoms with Gasteiger partial charge in [-0.3, -0.25) is 0 Å². The van der Waals surface area contributed by atoms with E-state index in [1.807, 2.05) is 19.9 Å². The van der Waals surface area contributed by atoms with E-state index in [2.05, 4.69) is 20.6 Å². The first-order valence-electron chi connectivity index (χ1n) is 9.36. The summed E-state index contributed by atoms with van der Waals surface area (Å²) in [6, 6.07) is 9.27. The van der Waals surface area contributed by atoms with Crippen molar-refractivity contribution in [3.63, 3.8) is 0 Å². The minimum absolute atomic E-state index is 0.0441. The first kappa shape index (κ1) is 22.6. The first-order valence-corrected chi connectivity index (χ1v) is 11.4. The van der Waals surface area contributed by atoms with Crippen molar-refractivity contribution in [2.75, 3.05) is 18.6 Å². The zero-order valence-electron chi connectivity index (χ0n) is 16.9. The summed E-state index contributed by atoms with van der Waals surface area (Å²) < 4.78 is 41.3. The number of halogens is 1. The van der Waals surface area contributed by atoms with Crippen LogP contribution in [0.15, 0.2) is 47.6 Å². The Morgan fingerprint density at radius 1 is 1.28 bits per heavy atom. The number of nitrogens with one attached hydrogen (secondary N) is 2. The van der Waals surface area contributed by atoms with E-state index in [-0.39, 0.29) is 17.6 Å². The highest BCUT2D eigenvalue weighted by atomic mass is 32.2. The zero-order valence-corrected chi connectivity index (χ0v) is 17.7. The summed E-state index contributed by atoms with van der Waals surface area (Å²) >= 11 is 0. The third-order valence-corrected chi connectivity index (χ3v) is 4.88. The SMILES string of the molecule is CCNC(=NCc1ccnc(Oc2ccc(F)cc2)c1)NC(C)CCS(C)(=O)=O. The molecule has 0 aliphatic carbocycles. The molecule has 0 amide bonds. The highest BCUT2D eigenvalue weighted by Gasteiger charge is 2.09. The number of ether oxygens (including phenoxy) is 1. The summed E-state index contributed by atoms with van der Waals surface area (Å²) in [6.45, 7) is 4.94. The Morgan fingerprint density at radius 2 is 2.00 bits per heavy atom. The molecule has 29 heavy (non-hydrogen) atoms. The quantitative estimate of drug-likeness (QED) is 0.477. The van der Waals surface area contributed by atoms with Gasteiger partial charge in [0.2, 0.25) is 5.88 Å². The maximum absolute atomic E-state index is 13.0. The van der Waals surface area contributed by atoms with Crippen molar-refractivity contribution in [2.24, 2.45) is 4.99 Å². The van der Waals surface area contributed by atoms with Crippen LogP contribution in [0.25, 0.3) is 0 Å². The fraction of sp³-hybridized carbons (Fsp3) is 0.400. The standard InChI is InChI=1S/C20H27FN4O3S/c1-4-22-20(25-15(2)10-12-29(3,26)27)24-14-16-9-11-23-19(13-16)28-18-7-5-17(21)6-8-18/h5-9,11,13,15H,4,10,12,14H2,1-3H3,(H2,22,24,25). The van der Waals surface area contributed by atoms with Crippen LogP contribution < -0.4 is 15.4 Å². The van der Waals surface area contributed by atoms with Crippen LogP contribution in [0, 0.1) is 5.82 Å². The number of nitrogens with zero attached hydrogens (tertiary/aromatic N) is 2. The van der Waals surface area contributed by atoms with Crippen molar-refractivity contribution < 1.29 is 17.5 Å². The lowest BCUT2D eigenvalue weighted by Gasteiger charge is -2.17. The van der Waals surface area contributed by atoms with Gasteiger partial charge >= 0.3 is 0 Å². The van der Waals surface area contributed by atoms with Crippen molar-refractivity contribution >= 4 is 15.8 Å². The molecule has 0 radical (unpaired) electrons. The van der Waals surface area contributed by atoms with Crippen molar-refractivity contribution in [1.82, 2.24) is 15.6 Å². The Labute approximate surface area is 171 Å². The molecule has 9 heteroatoms. The second kappa shape index (κ2) is 10.8. The van der Waals surface area contributed by atoms with E-state index in [0.29, 0.717) is 37.1 Å². The van der Waals surface area contributed by atoms with Crippen LogP contribution in [0.2, 0.25) is 0 Å². The van der Waals surface area contributed by atoms with Crippen LogP contribution in [0.4, 0.5) is 4.39 Å². The number of aliphatic imine (C=N–C) groups is 1.